The van der Waals surface area contributed by atoms with Crippen LogP contribution in [0.1, 0.15) is 40.3 Å². The number of phenols is 1. The van der Waals surface area contributed by atoms with Crippen molar-refractivity contribution in [1.82, 2.24) is 25.3 Å². The maximum Gasteiger partial charge on any atom is 0.122 e. The number of aromatic hydroxyl groups is 1. The number of aliphatic hydroxyl groups is 3. The number of para-hydroxylation sites is 3. The number of aliphatic hydroxyl groups excluding tert-OH is 3. The number of hydrogen-bond acceptors (Lipinski definition) is 15. The van der Waals surface area contributed by atoms with E-state index >= 15 is 0 Å². The van der Waals surface area contributed by atoms with Gasteiger partial charge < -0.3 is 60.5 Å². The SMILES string of the molecule is CCN(CN)C[C@@H](O)COc1ccccc1CCc1cccc(OC)c1.COc1cccc(CCc2ccccc2OCC(O)CN2CCNC2)c1.Oc1cccc(CCc2ccccc2OC[C@@H](O)CN2CCNC2)c1. The number of nitrogens with two attached hydrogens (primary N) is 1. The monoisotopic (exact) mass is 1060 g/mol. The molecule has 0 aliphatic carbocycles. The molecule has 0 amide bonds. The first-order chi connectivity index (χ1) is 37.6. The molecule has 2 aliphatic rings. The van der Waals surface area contributed by atoms with Crippen molar-refractivity contribution in [1.29, 1.82) is 0 Å². The number of nitrogens with one attached hydrogen (secondary N) is 2. The number of phenolic OH excluding ortho intramolecular Hbond substituents is 1. The summed E-state index contributed by atoms with van der Waals surface area (Å²) in [5, 5.41) is 46.6. The van der Waals surface area contributed by atoms with Gasteiger partial charge in [-0.2, -0.15) is 0 Å². The van der Waals surface area contributed by atoms with E-state index in [-0.39, 0.29) is 6.61 Å². The Labute approximate surface area is 457 Å². The second-order valence-corrected chi connectivity index (χ2v) is 19.4. The first-order valence-electron chi connectivity index (χ1n) is 27.1. The molecule has 0 bridgehead atoms. The van der Waals surface area contributed by atoms with Crippen LogP contribution in [0.3, 0.4) is 0 Å². The average molecular weight is 1060 g/mol. The van der Waals surface area contributed by atoms with E-state index in [1.807, 2.05) is 103 Å². The van der Waals surface area contributed by atoms with E-state index in [9.17, 15) is 20.4 Å². The Bertz CT molecular complexity index is 2470. The highest BCUT2D eigenvalue weighted by molar-refractivity contribution is 5.38. The molecule has 0 aromatic heterocycles. The van der Waals surface area contributed by atoms with Crippen molar-refractivity contribution >= 4 is 0 Å². The van der Waals surface area contributed by atoms with E-state index in [1.165, 1.54) is 11.1 Å². The number of aryl methyl sites for hydroxylation is 6. The Morgan fingerprint density at radius 3 is 1.30 bits per heavy atom. The van der Waals surface area contributed by atoms with Gasteiger partial charge in [0, 0.05) is 65.8 Å². The van der Waals surface area contributed by atoms with Gasteiger partial charge in [-0.3, -0.25) is 14.7 Å². The molecule has 15 nitrogen and oxygen atoms in total. The zero-order chi connectivity index (χ0) is 54.5. The van der Waals surface area contributed by atoms with Crippen LogP contribution in [0.4, 0.5) is 0 Å². The number of likely N-dealkylation sites (N-methyl/N-ethyl adjacent to an activating group) is 1. The minimum Gasteiger partial charge on any atom is -0.508 e. The second-order valence-electron chi connectivity index (χ2n) is 19.4. The quantitative estimate of drug-likeness (QED) is 0.0271. The molecular formula is C62H84N6O9. The van der Waals surface area contributed by atoms with Gasteiger partial charge in [0.15, 0.2) is 0 Å². The zero-order valence-electron chi connectivity index (χ0n) is 45.5. The van der Waals surface area contributed by atoms with Gasteiger partial charge in [0.05, 0.1) is 14.2 Å². The van der Waals surface area contributed by atoms with Crippen LogP contribution < -0.4 is 40.1 Å². The number of ether oxygens (including phenoxy) is 5. The minimum absolute atomic E-state index is 0.257. The summed E-state index contributed by atoms with van der Waals surface area (Å²) in [6, 6.07) is 47.6. The lowest BCUT2D eigenvalue weighted by Gasteiger charge is -2.22. The highest BCUT2D eigenvalue weighted by Crippen LogP contribution is 2.25. The fourth-order valence-electron chi connectivity index (χ4n) is 9.12. The third-order valence-corrected chi connectivity index (χ3v) is 13.4. The smallest absolute Gasteiger partial charge is 0.122 e. The summed E-state index contributed by atoms with van der Waals surface area (Å²) in [6.45, 7) is 11.5. The van der Waals surface area contributed by atoms with Crippen molar-refractivity contribution in [3.63, 3.8) is 0 Å². The number of benzene rings is 6. The van der Waals surface area contributed by atoms with E-state index in [2.05, 4.69) is 62.9 Å². The minimum atomic E-state index is -0.565. The van der Waals surface area contributed by atoms with Crippen LogP contribution in [0.5, 0.6) is 34.5 Å². The highest BCUT2D eigenvalue weighted by atomic mass is 16.5. The third kappa shape index (κ3) is 22.0. The fraction of sp³-hybridized carbons (Fsp3) is 0.419. The van der Waals surface area contributed by atoms with Gasteiger partial charge in [0.25, 0.3) is 0 Å². The Morgan fingerprint density at radius 2 is 0.922 bits per heavy atom. The molecule has 8 N–H and O–H groups in total. The van der Waals surface area contributed by atoms with Crippen molar-refractivity contribution in [2.24, 2.45) is 5.73 Å². The summed E-state index contributed by atoms with van der Waals surface area (Å²) in [4.78, 5) is 6.35. The lowest BCUT2D eigenvalue weighted by atomic mass is 10.0. The maximum atomic E-state index is 10.2. The molecule has 2 heterocycles. The van der Waals surface area contributed by atoms with Crippen LogP contribution in [0.2, 0.25) is 0 Å². The highest BCUT2D eigenvalue weighted by Gasteiger charge is 2.18. The number of rotatable bonds is 28. The topological polar surface area (TPSA) is 187 Å². The molecular weight excluding hydrogens is 973 g/mol. The van der Waals surface area contributed by atoms with Gasteiger partial charge in [-0.05, 0) is 133 Å². The molecule has 3 atom stereocenters. The van der Waals surface area contributed by atoms with Gasteiger partial charge in [0.2, 0.25) is 0 Å². The van der Waals surface area contributed by atoms with Crippen LogP contribution in [0.25, 0.3) is 0 Å². The molecule has 416 valence electrons. The molecule has 1 unspecified atom stereocenters. The van der Waals surface area contributed by atoms with Gasteiger partial charge in [0.1, 0.15) is 72.6 Å². The molecule has 0 spiro atoms. The van der Waals surface area contributed by atoms with E-state index < -0.39 is 18.3 Å². The van der Waals surface area contributed by atoms with Crippen molar-refractivity contribution in [2.75, 3.05) is 106 Å². The van der Waals surface area contributed by atoms with Crippen molar-refractivity contribution < 1.29 is 44.1 Å². The number of methoxy groups -OCH3 is 2. The van der Waals surface area contributed by atoms with Crippen LogP contribution in [-0.4, -0.2) is 160 Å². The molecule has 77 heavy (non-hydrogen) atoms. The summed E-state index contributed by atoms with van der Waals surface area (Å²) in [6.07, 6.45) is 3.67. The third-order valence-electron chi connectivity index (χ3n) is 13.4. The number of hydrogen-bond donors (Lipinski definition) is 7. The molecule has 15 heteroatoms. The van der Waals surface area contributed by atoms with Gasteiger partial charge in [-0.1, -0.05) is 97.9 Å². The normalized spacial score (nSPS) is 14.6. The lowest BCUT2D eigenvalue weighted by Crippen LogP contribution is -2.38. The molecule has 8 rings (SSSR count). The van der Waals surface area contributed by atoms with Crippen LogP contribution in [0.15, 0.2) is 146 Å². The largest absolute Gasteiger partial charge is 0.508 e. The lowest BCUT2D eigenvalue weighted by molar-refractivity contribution is 0.0704. The van der Waals surface area contributed by atoms with Crippen molar-refractivity contribution in [3.8, 4) is 34.5 Å². The van der Waals surface area contributed by atoms with Gasteiger partial charge >= 0.3 is 0 Å². The summed E-state index contributed by atoms with van der Waals surface area (Å²) in [5.41, 5.74) is 12.6. The van der Waals surface area contributed by atoms with E-state index in [0.29, 0.717) is 45.3 Å². The number of β-amino-alcohol motifs (C(OH)–C–C–N with tert-alkyl or cyclic N) is 2. The van der Waals surface area contributed by atoms with Gasteiger partial charge in [-0.15, -0.1) is 0 Å². The first-order valence-corrected chi connectivity index (χ1v) is 27.1. The maximum absolute atomic E-state index is 10.2. The van der Waals surface area contributed by atoms with Crippen molar-refractivity contribution in [2.45, 2.75) is 63.8 Å². The van der Waals surface area contributed by atoms with E-state index in [4.69, 9.17) is 29.4 Å². The predicted molar refractivity (Wildman–Crippen MR) is 305 cm³/mol. The first kappa shape index (κ1) is 60.0. The molecule has 6 aromatic carbocycles. The zero-order valence-corrected chi connectivity index (χ0v) is 45.5. The summed E-state index contributed by atoms with van der Waals surface area (Å²) >= 11 is 0. The predicted octanol–water partition coefficient (Wildman–Crippen LogP) is 6.32. The van der Waals surface area contributed by atoms with E-state index in [1.54, 1.807) is 26.4 Å². The Morgan fingerprint density at radius 1 is 0.519 bits per heavy atom. The van der Waals surface area contributed by atoms with Crippen LogP contribution >= 0.6 is 0 Å². The van der Waals surface area contributed by atoms with Crippen LogP contribution in [0, 0.1) is 0 Å². The molecule has 2 saturated heterocycles. The Kier molecular flexibility index (Phi) is 26.3. The van der Waals surface area contributed by atoms with Gasteiger partial charge in [-0.25, -0.2) is 0 Å². The molecule has 0 radical (unpaired) electrons. The molecule has 2 fully saturated rings. The standard InChI is InChI=1S/C21H28N2O3.C21H30N2O3.C20H26N2O3/c1-25-20-7-4-5-17(13-20)9-10-18-6-2-3-8-21(18)26-15-19(24)14-23-12-11-22-16-23;1-3-23(16-22)14-19(24)15-26-21-10-5-4-8-18(21)12-11-17-7-6-9-20(13-17)25-2;23-18-6-3-4-16(12-18)8-9-17-5-1-2-7-20(17)25-14-19(24)13-22-11-10-21-15-22/h2-8,13,19,22,24H,9-12,14-16H2,1H3;4-10,13,19,24H,3,11-12,14-16,22H2,1-2H3;1-7,12,19,21,23-24H,8-11,13-15H2/t;2*19-/m.10/s1. The molecule has 2 aliphatic heterocycles. The summed E-state index contributed by atoms with van der Waals surface area (Å²) in [5.74, 6) is 4.55. The van der Waals surface area contributed by atoms with E-state index in [0.717, 1.165) is 136 Å². The average Bonchev–Trinajstić information content (AvgIpc) is 4.19. The van der Waals surface area contributed by atoms with Crippen LogP contribution in [-0.2, 0) is 38.5 Å². The Balaban J connectivity index is 0.000000187. The summed E-state index contributed by atoms with van der Waals surface area (Å²) < 4.78 is 28.2. The summed E-state index contributed by atoms with van der Waals surface area (Å²) in [7, 11) is 3.36. The molecule has 0 saturated carbocycles. The number of nitrogens with zero attached hydrogens (tertiary/aromatic N) is 3. The second kappa shape index (κ2) is 33.8. The molecule has 6 aromatic rings. The fourth-order valence-corrected chi connectivity index (χ4v) is 9.12. The van der Waals surface area contributed by atoms with Crippen molar-refractivity contribution in [3.05, 3.63) is 179 Å². The Hall–Kier alpha value is -6.24.